The van der Waals surface area contributed by atoms with Gasteiger partial charge in [-0.05, 0) is 106 Å². The van der Waals surface area contributed by atoms with Crippen molar-refractivity contribution in [1.29, 1.82) is 0 Å². The van der Waals surface area contributed by atoms with Gasteiger partial charge in [0.2, 0.25) is 0 Å². The number of pyridine rings is 1. The summed E-state index contributed by atoms with van der Waals surface area (Å²) < 4.78 is 49.4. The third kappa shape index (κ3) is 6.20. The number of halogens is 3. The van der Waals surface area contributed by atoms with Gasteiger partial charge in [-0.2, -0.15) is 13.2 Å². The zero-order valence-electron chi connectivity index (χ0n) is 32.5. The molecule has 284 valence electrons. The van der Waals surface area contributed by atoms with Crippen molar-refractivity contribution in [2.24, 2.45) is 0 Å². The number of phenols is 1. The Kier molecular flexibility index (Phi) is 8.15. The number of benzene rings is 6. The third-order valence-corrected chi connectivity index (χ3v) is 10.9. The fourth-order valence-electron chi connectivity index (χ4n) is 7.77. The Labute approximate surface area is 328 Å². The van der Waals surface area contributed by atoms with Gasteiger partial charge in [-0.1, -0.05) is 90.1 Å². The van der Waals surface area contributed by atoms with Gasteiger partial charge in [0.05, 0.1) is 27.7 Å². The smallest absolute Gasteiger partial charge is 0.416 e. The first-order chi connectivity index (χ1) is 27.1. The van der Waals surface area contributed by atoms with Crippen LogP contribution in [0.5, 0.6) is 5.75 Å². The van der Waals surface area contributed by atoms with Crippen LogP contribution in [0.2, 0.25) is 0 Å². The molecule has 0 saturated heterocycles. The van der Waals surface area contributed by atoms with Gasteiger partial charge >= 0.3 is 6.18 Å². The standard InChI is InChI=1S/C49H40F3N3O2/c1-47(2,3)31-18-21-41(56)39(26-31)46-54-44-34(12-9-14-40(44)55(46)33-19-16-30(17-20-33)49(50,51)52)28-23-29(25-32(24-28)48(4,5)6)37-27-38-35-11-7-8-15-42(35)57-45(38)36-13-10-22-53-43(36)37/h7-27,56H,1-6H3. The molecule has 0 radical (unpaired) electrons. The van der Waals surface area contributed by atoms with E-state index in [1.165, 1.54) is 12.1 Å². The number of aromatic nitrogens is 3. The summed E-state index contributed by atoms with van der Waals surface area (Å²) in [6.07, 6.45) is -2.69. The second-order valence-corrected chi connectivity index (χ2v) is 16.8. The highest BCUT2D eigenvalue weighted by atomic mass is 19.4. The van der Waals surface area contributed by atoms with Crippen LogP contribution in [0.15, 0.2) is 132 Å². The third-order valence-electron chi connectivity index (χ3n) is 10.9. The minimum Gasteiger partial charge on any atom is -0.507 e. The predicted molar refractivity (Wildman–Crippen MR) is 224 cm³/mol. The quantitative estimate of drug-likeness (QED) is 0.194. The SMILES string of the molecule is CC(C)(C)c1cc(-c2cc3c4ccccc4oc3c3cccnc23)cc(-c2cccc3c2nc(-c2cc(C(C)(C)C)ccc2O)n3-c2ccc(C(F)(F)F)cc2)c1. The molecule has 0 unspecified atom stereocenters. The minimum absolute atomic E-state index is 0.0200. The van der Waals surface area contributed by atoms with Gasteiger partial charge in [-0.25, -0.2) is 4.98 Å². The summed E-state index contributed by atoms with van der Waals surface area (Å²) in [5, 5.41) is 14.3. The molecular formula is C49H40F3N3O2. The Morgan fingerprint density at radius 3 is 1.98 bits per heavy atom. The molecule has 5 nitrogen and oxygen atoms in total. The fourth-order valence-corrected chi connectivity index (χ4v) is 7.77. The number of rotatable bonds is 4. The number of imidazole rings is 1. The lowest BCUT2D eigenvalue weighted by atomic mass is 9.82. The van der Waals surface area contributed by atoms with Crippen molar-refractivity contribution >= 4 is 43.9 Å². The number of para-hydroxylation sites is 2. The van der Waals surface area contributed by atoms with Crippen LogP contribution in [0.25, 0.3) is 83.2 Å². The lowest BCUT2D eigenvalue weighted by molar-refractivity contribution is -0.137. The van der Waals surface area contributed by atoms with Crippen molar-refractivity contribution in [3.8, 4) is 45.1 Å². The lowest BCUT2D eigenvalue weighted by Gasteiger charge is -2.22. The molecule has 0 bridgehead atoms. The fraction of sp³-hybridized carbons (Fsp3) is 0.184. The first-order valence-electron chi connectivity index (χ1n) is 18.9. The van der Waals surface area contributed by atoms with E-state index < -0.39 is 11.7 Å². The van der Waals surface area contributed by atoms with Gasteiger partial charge in [0.25, 0.3) is 0 Å². The van der Waals surface area contributed by atoms with Crippen LogP contribution in [0.4, 0.5) is 13.2 Å². The molecule has 1 N–H and O–H groups in total. The number of nitrogens with zero attached hydrogens (tertiary/aromatic N) is 3. The molecule has 0 atom stereocenters. The highest BCUT2D eigenvalue weighted by Crippen LogP contribution is 2.44. The van der Waals surface area contributed by atoms with E-state index in [0.29, 0.717) is 28.1 Å². The summed E-state index contributed by atoms with van der Waals surface area (Å²) in [5.41, 5.74) is 9.26. The molecule has 8 heteroatoms. The topological polar surface area (TPSA) is 64.1 Å². The molecule has 3 aromatic heterocycles. The van der Waals surface area contributed by atoms with Gasteiger partial charge in [0.15, 0.2) is 0 Å². The normalized spacial score (nSPS) is 12.7. The van der Waals surface area contributed by atoms with Crippen LogP contribution in [0.3, 0.4) is 0 Å². The first-order valence-corrected chi connectivity index (χ1v) is 18.9. The first kappa shape index (κ1) is 36.2. The zero-order chi connectivity index (χ0) is 40.0. The van der Waals surface area contributed by atoms with E-state index in [1.807, 2.05) is 65.2 Å². The number of phenolic OH excluding ortho intramolecular Hbond substituents is 1. The molecule has 0 amide bonds. The van der Waals surface area contributed by atoms with Gasteiger partial charge in [-0.3, -0.25) is 9.55 Å². The molecule has 0 saturated carbocycles. The number of hydrogen-bond donors (Lipinski definition) is 1. The van der Waals surface area contributed by atoms with Crippen LogP contribution >= 0.6 is 0 Å². The van der Waals surface area contributed by atoms with E-state index in [0.717, 1.165) is 78.4 Å². The lowest BCUT2D eigenvalue weighted by Crippen LogP contribution is -2.11. The van der Waals surface area contributed by atoms with E-state index in [2.05, 4.69) is 71.9 Å². The molecule has 0 aliphatic carbocycles. The molecule has 0 fully saturated rings. The monoisotopic (exact) mass is 759 g/mol. The average molecular weight is 760 g/mol. The largest absolute Gasteiger partial charge is 0.507 e. The summed E-state index contributed by atoms with van der Waals surface area (Å²) in [4.78, 5) is 10.1. The minimum atomic E-state index is -4.49. The van der Waals surface area contributed by atoms with Crippen molar-refractivity contribution < 1.29 is 22.7 Å². The maximum Gasteiger partial charge on any atom is 0.416 e. The van der Waals surface area contributed by atoms with Gasteiger partial charge in [0, 0.05) is 39.2 Å². The Balaban J connectivity index is 1.33. The maximum atomic E-state index is 13.7. The van der Waals surface area contributed by atoms with Crippen LogP contribution in [0, 0.1) is 0 Å². The number of hydrogen-bond acceptors (Lipinski definition) is 4. The summed E-state index contributed by atoms with van der Waals surface area (Å²) >= 11 is 0. The highest BCUT2D eigenvalue weighted by molar-refractivity contribution is 6.18. The van der Waals surface area contributed by atoms with Crippen molar-refractivity contribution in [2.45, 2.75) is 58.5 Å². The Bertz CT molecular complexity index is 3030. The molecule has 0 spiro atoms. The zero-order valence-corrected chi connectivity index (χ0v) is 32.5. The second-order valence-electron chi connectivity index (χ2n) is 16.8. The Hall–Kier alpha value is -6.41. The summed E-state index contributed by atoms with van der Waals surface area (Å²) in [5.74, 6) is 0.437. The Morgan fingerprint density at radius 2 is 1.26 bits per heavy atom. The number of aromatic hydroxyl groups is 1. The van der Waals surface area contributed by atoms with E-state index in [1.54, 1.807) is 12.3 Å². The molecular weight excluding hydrogens is 720 g/mol. The number of fused-ring (bicyclic) bond motifs is 6. The second kappa shape index (κ2) is 12.8. The van der Waals surface area contributed by atoms with Crippen molar-refractivity contribution in [2.75, 3.05) is 0 Å². The highest BCUT2D eigenvalue weighted by Gasteiger charge is 2.31. The average Bonchev–Trinajstić information content (AvgIpc) is 3.75. The van der Waals surface area contributed by atoms with Crippen molar-refractivity contribution in [3.05, 3.63) is 144 Å². The summed E-state index contributed by atoms with van der Waals surface area (Å²) in [6, 6.07) is 37.2. The number of alkyl halides is 3. The van der Waals surface area contributed by atoms with E-state index in [4.69, 9.17) is 14.4 Å². The van der Waals surface area contributed by atoms with Crippen LogP contribution in [-0.4, -0.2) is 19.6 Å². The molecule has 6 aromatic carbocycles. The van der Waals surface area contributed by atoms with Crippen molar-refractivity contribution in [1.82, 2.24) is 14.5 Å². The van der Waals surface area contributed by atoms with Gasteiger partial charge in [-0.15, -0.1) is 0 Å². The summed E-state index contributed by atoms with van der Waals surface area (Å²) in [7, 11) is 0. The molecule has 9 rings (SSSR count). The molecule has 0 aliphatic heterocycles. The van der Waals surface area contributed by atoms with E-state index in [9.17, 15) is 18.3 Å². The molecule has 0 aliphatic rings. The van der Waals surface area contributed by atoms with Crippen LogP contribution in [0.1, 0.15) is 58.2 Å². The molecule has 3 heterocycles. The number of furan rings is 1. The molecule has 57 heavy (non-hydrogen) atoms. The predicted octanol–water partition coefficient (Wildman–Crippen LogP) is 13.8. The van der Waals surface area contributed by atoms with Gasteiger partial charge in [0.1, 0.15) is 22.7 Å². The van der Waals surface area contributed by atoms with Crippen LogP contribution in [-0.2, 0) is 17.0 Å². The maximum absolute atomic E-state index is 13.7. The van der Waals surface area contributed by atoms with E-state index in [-0.39, 0.29) is 16.6 Å². The van der Waals surface area contributed by atoms with Crippen molar-refractivity contribution in [3.63, 3.8) is 0 Å². The van der Waals surface area contributed by atoms with Gasteiger partial charge < -0.3 is 9.52 Å². The summed E-state index contributed by atoms with van der Waals surface area (Å²) in [6.45, 7) is 12.8. The van der Waals surface area contributed by atoms with Crippen LogP contribution < -0.4 is 0 Å². The van der Waals surface area contributed by atoms with E-state index >= 15 is 0 Å². The molecule has 9 aromatic rings. The Morgan fingerprint density at radius 1 is 0.579 bits per heavy atom.